The Balaban J connectivity index is 1.61. The van der Waals surface area contributed by atoms with Crippen LogP contribution in [0.2, 0.25) is 0 Å². The van der Waals surface area contributed by atoms with Gasteiger partial charge in [-0.1, -0.05) is 96.8 Å². The zero-order chi connectivity index (χ0) is 28.0. The van der Waals surface area contributed by atoms with Gasteiger partial charge in [0.15, 0.2) is 0 Å². The lowest BCUT2D eigenvalue weighted by atomic mass is 9.70. The standard InChI is InChI=1S/C37H27N3O/c1-3-22-38-25-31(28-16-8-11-19-33(28)38)37(32-26-39(23-4-2)34-20-12-9-17-29(32)34)30-18-10-13-21-35(30)40(36(37)41)24-27-14-6-5-7-15-27/h1-2,5-21,25-26H,22-24H2. The molecular weight excluding hydrogens is 502 g/mol. The predicted molar refractivity (Wildman–Crippen MR) is 165 cm³/mol. The van der Waals surface area contributed by atoms with Crippen LogP contribution in [0, 0.1) is 24.7 Å². The number of aromatic nitrogens is 2. The zero-order valence-corrected chi connectivity index (χ0v) is 22.5. The lowest BCUT2D eigenvalue weighted by Crippen LogP contribution is -2.42. The Bertz CT molecular complexity index is 1940. The topological polar surface area (TPSA) is 30.2 Å². The summed E-state index contributed by atoms with van der Waals surface area (Å²) in [6.45, 7) is 1.27. The van der Waals surface area contributed by atoms with Gasteiger partial charge in [0, 0.05) is 56.6 Å². The van der Waals surface area contributed by atoms with Gasteiger partial charge in [-0.15, -0.1) is 12.8 Å². The van der Waals surface area contributed by atoms with Crippen molar-refractivity contribution >= 4 is 33.4 Å². The number of rotatable bonds is 6. The molecule has 0 unspecified atom stereocenters. The minimum absolute atomic E-state index is 0.00905. The molecule has 196 valence electrons. The molecule has 1 aliphatic rings. The van der Waals surface area contributed by atoms with Gasteiger partial charge in [-0.05, 0) is 23.8 Å². The summed E-state index contributed by atoms with van der Waals surface area (Å²) >= 11 is 0. The second kappa shape index (κ2) is 9.63. The predicted octanol–water partition coefficient (Wildman–Crippen LogP) is 6.74. The highest BCUT2D eigenvalue weighted by atomic mass is 16.2. The van der Waals surface area contributed by atoms with Crippen molar-refractivity contribution in [2.24, 2.45) is 0 Å². The second-order valence-electron chi connectivity index (χ2n) is 10.4. The normalized spacial score (nSPS) is 13.8. The molecule has 0 aliphatic carbocycles. The number of hydrogen-bond acceptors (Lipinski definition) is 1. The number of para-hydroxylation sites is 3. The van der Waals surface area contributed by atoms with E-state index in [0.29, 0.717) is 19.6 Å². The van der Waals surface area contributed by atoms with Gasteiger partial charge in [0.2, 0.25) is 5.91 Å². The molecule has 3 heterocycles. The highest BCUT2D eigenvalue weighted by Crippen LogP contribution is 2.54. The lowest BCUT2D eigenvalue weighted by Gasteiger charge is -2.29. The fourth-order valence-electron chi connectivity index (χ4n) is 6.59. The highest BCUT2D eigenvalue weighted by molar-refractivity contribution is 6.16. The molecule has 7 rings (SSSR count). The minimum Gasteiger partial charge on any atom is -0.335 e. The third-order valence-electron chi connectivity index (χ3n) is 8.26. The zero-order valence-electron chi connectivity index (χ0n) is 22.5. The molecule has 0 spiro atoms. The van der Waals surface area contributed by atoms with Crippen molar-refractivity contribution < 1.29 is 4.79 Å². The molecule has 2 aromatic heterocycles. The summed E-state index contributed by atoms with van der Waals surface area (Å²) in [4.78, 5) is 17.3. The number of hydrogen-bond donors (Lipinski definition) is 0. The minimum atomic E-state index is -1.12. The maximum Gasteiger partial charge on any atom is 0.247 e. The van der Waals surface area contributed by atoms with Crippen LogP contribution in [0.15, 0.2) is 116 Å². The Morgan fingerprint density at radius 2 is 1.12 bits per heavy atom. The van der Waals surface area contributed by atoms with Gasteiger partial charge in [0.25, 0.3) is 0 Å². The number of carbonyl (C=O) groups is 1. The molecule has 4 heteroatoms. The maximum atomic E-state index is 15.3. The van der Waals surface area contributed by atoms with Crippen LogP contribution in [-0.2, 0) is 29.8 Å². The molecule has 0 saturated heterocycles. The average molecular weight is 530 g/mol. The Morgan fingerprint density at radius 3 is 1.71 bits per heavy atom. The summed E-state index contributed by atoms with van der Waals surface area (Å²) in [7, 11) is 0. The van der Waals surface area contributed by atoms with Crippen molar-refractivity contribution in [3.63, 3.8) is 0 Å². The van der Waals surface area contributed by atoms with Crippen LogP contribution in [-0.4, -0.2) is 15.0 Å². The summed E-state index contributed by atoms with van der Waals surface area (Å²) in [6, 6.07) is 34.7. The Morgan fingerprint density at radius 1 is 0.610 bits per heavy atom. The molecule has 1 aliphatic heterocycles. The Labute approximate surface area is 239 Å². The van der Waals surface area contributed by atoms with Crippen LogP contribution in [0.5, 0.6) is 0 Å². The molecule has 4 nitrogen and oxygen atoms in total. The van der Waals surface area contributed by atoms with Gasteiger partial charge < -0.3 is 14.0 Å². The van der Waals surface area contributed by atoms with E-state index in [2.05, 4.69) is 81.9 Å². The number of carbonyl (C=O) groups excluding carboxylic acids is 1. The van der Waals surface area contributed by atoms with Crippen molar-refractivity contribution in [1.82, 2.24) is 9.13 Å². The van der Waals surface area contributed by atoms with Crippen LogP contribution >= 0.6 is 0 Å². The molecule has 6 aromatic rings. The number of benzene rings is 4. The third-order valence-corrected chi connectivity index (χ3v) is 8.26. The van der Waals surface area contributed by atoms with Gasteiger partial charge >= 0.3 is 0 Å². The average Bonchev–Trinajstić information content (AvgIpc) is 3.64. The van der Waals surface area contributed by atoms with Gasteiger partial charge in [-0.25, -0.2) is 0 Å². The van der Waals surface area contributed by atoms with E-state index in [1.807, 2.05) is 59.5 Å². The molecule has 4 aromatic carbocycles. The SMILES string of the molecule is C#CCn1cc(C2(c3cn(CC#C)c4ccccc34)C(=O)N(Cc3ccccc3)c3ccccc32)c2ccccc21. The molecule has 1 amide bonds. The number of nitrogens with zero attached hydrogens (tertiary/aromatic N) is 3. The van der Waals surface area contributed by atoms with Gasteiger partial charge in [0.05, 0.1) is 19.6 Å². The smallest absolute Gasteiger partial charge is 0.247 e. The fourth-order valence-corrected chi connectivity index (χ4v) is 6.59. The summed E-state index contributed by atoms with van der Waals surface area (Å²) in [5.74, 6) is 5.60. The first kappa shape index (κ1) is 24.6. The molecule has 0 N–H and O–H groups in total. The number of terminal acetylenes is 2. The van der Waals surface area contributed by atoms with Crippen LogP contribution in [0.4, 0.5) is 5.69 Å². The van der Waals surface area contributed by atoms with E-state index in [0.717, 1.165) is 49.7 Å². The largest absolute Gasteiger partial charge is 0.335 e. The summed E-state index contributed by atoms with van der Waals surface area (Å²) in [5.41, 5.74) is 5.63. The van der Waals surface area contributed by atoms with E-state index in [9.17, 15) is 0 Å². The van der Waals surface area contributed by atoms with Crippen LogP contribution in [0.1, 0.15) is 22.3 Å². The third kappa shape index (κ3) is 3.55. The lowest BCUT2D eigenvalue weighted by molar-refractivity contribution is -0.120. The molecular formula is C37H27N3O. The first-order chi connectivity index (χ1) is 20.2. The van der Waals surface area contributed by atoms with Gasteiger partial charge in [0.1, 0.15) is 5.41 Å². The van der Waals surface area contributed by atoms with E-state index in [1.165, 1.54) is 0 Å². The van der Waals surface area contributed by atoms with E-state index in [1.54, 1.807) is 0 Å². The molecule has 0 bridgehead atoms. The maximum absolute atomic E-state index is 15.3. The van der Waals surface area contributed by atoms with E-state index in [-0.39, 0.29) is 5.91 Å². The molecule has 0 saturated carbocycles. The van der Waals surface area contributed by atoms with Gasteiger partial charge in [-0.3, -0.25) is 4.79 Å². The molecule has 41 heavy (non-hydrogen) atoms. The summed E-state index contributed by atoms with van der Waals surface area (Å²) in [5, 5.41) is 2.00. The summed E-state index contributed by atoms with van der Waals surface area (Å²) in [6.07, 6.45) is 15.8. The van der Waals surface area contributed by atoms with Gasteiger partial charge in [-0.2, -0.15) is 0 Å². The van der Waals surface area contributed by atoms with E-state index < -0.39 is 5.41 Å². The number of fused-ring (bicyclic) bond motifs is 3. The quantitative estimate of drug-likeness (QED) is 0.220. The Kier molecular flexibility index (Phi) is 5.77. The van der Waals surface area contributed by atoms with Crippen LogP contribution in [0.25, 0.3) is 21.8 Å². The highest BCUT2D eigenvalue weighted by Gasteiger charge is 2.55. The monoisotopic (exact) mass is 529 g/mol. The number of amides is 1. The first-order valence-electron chi connectivity index (χ1n) is 13.7. The Hall–Kier alpha value is -5.45. The summed E-state index contributed by atoms with van der Waals surface area (Å²) < 4.78 is 4.14. The van der Waals surface area contributed by atoms with Crippen LogP contribution < -0.4 is 4.90 Å². The van der Waals surface area contributed by atoms with Crippen LogP contribution in [0.3, 0.4) is 0 Å². The van der Waals surface area contributed by atoms with E-state index in [4.69, 9.17) is 12.8 Å². The second-order valence-corrected chi connectivity index (χ2v) is 10.4. The van der Waals surface area contributed by atoms with Crippen molar-refractivity contribution in [3.05, 3.63) is 138 Å². The van der Waals surface area contributed by atoms with E-state index >= 15 is 4.79 Å². The molecule has 0 atom stereocenters. The van der Waals surface area contributed by atoms with Crippen molar-refractivity contribution in [2.75, 3.05) is 4.90 Å². The first-order valence-corrected chi connectivity index (χ1v) is 13.7. The van der Waals surface area contributed by atoms with Crippen molar-refractivity contribution in [2.45, 2.75) is 25.0 Å². The van der Waals surface area contributed by atoms with Crippen molar-refractivity contribution in [1.29, 1.82) is 0 Å². The molecule has 0 radical (unpaired) electrons. The molecule has 0 fully saturated rings. The fraction of sp³-hybridized carbons (Fsp3) is 0.108. The number of anilines is 1. The van der Waals surface area contributed by atoms with Crippen molar-refractivity contribution in [3.8, 4) is 24.7 Å².